The minimum absolute atomic E-state index is 0.0796. The van der Waals surface area contributed by atoms with Crippen LogP contribution in [-0.4, -0.2) is 40.7 Å². The number of hydrogen-bond donors (Lipinski definition) is 1. The Morgan fingerprint density at radius 1 is 0.931 bits per heavy atom. The van der Waals surface area contributed by atoms with Crippen LogP contribution in [-0.2, 0) is 9.59 Å². The van der Waals surface area contributed by atoms with E-state index in [0.717, 1.165) is 21.2 Å². The summed E-state index contributed by atoms with van der Waals surface area (Å²) < 4.78 is 0. The van der Waals surface area contributed by atoms with Crippen molar-refractivity contribution in [3.05, 3.63) is 84.6 Å². The number of fused-ring (bicyclic) bond motifs is 1. The Morgan fingerprint density at radius 2 is 1.66 bits per heavy atom. The molecular formula is C23H19N3O3. The molecule has 144 valence electrons. The van der Waals surface area contributed by atoms with Crippen molar-refractivity contribution < 1.29 is 14.4 Å². The van der Waals surface area contributed by atoms with E-state index >= 15 is 0 Å². The zero-order valence-electron chi connectivity index (χ0n) is 15.6. The second kappa shape index (κ2) is 7.98. The van der Waals surface area contributed by atoms with Gasteiger partial charge in [0, 0.05) is 17.3 Å². The first-order chi connectivity index (χ1) is 14.1. The van der Waals surface area contributed by atoms with Gasteiger partial charge in [0.25, 0.3) is 5.91 Å². The number of amides is 4. The van der Waals surface area contributed by atoms with Gasteiger partial charge in [-0.15, -0.1) is 0 Å². The standard InChI is InChI=1S/C23H19N3O3/c27-21(24-20-12-6-10-18-9-4-5-11-19(18)20)15-26-22(28)16-25(23(26)29)14-13-17-7-2-1-3-8-17/h1-14H,15-16H2,(H,24,27). The molecule has 29 heavy (non-hydrogen) atoms. The molecule has 0 spiro atoms. The average Bonchev–Trinajstić information content (AvgIpc) is 3.01. The van der Waals surface area contributed by atoms with Crippen LogP contribution < -0.4 is 5.32 Å². The minimum Gasteiger partial charge on any atom is -0.324 e. The van der Waals surface area contributed by atoms with Crippen molar-refractivity contribution in [1.29, 1.82) is 0 Å². The maximum Gasteiger partial charge on any atom is 0.331 e. The predicted molar refractivity (Wildman–Crippen MR) is 112 cm³/mol. The first-order valence-corrected chi connectivity index (χ1v) is 9.24. The Balaban J connectivity index is 1.43. The summed E-state index contributed by atoms with van der Waals surface area (Å²) in [5.74, 6) is -0.822. The molecule has 6 nitrogen and oxygen atoms in total. The van der Waals surface area contributed by atoms with E-state index in [1.807, 2.05) is 66.7 Å². The van der Waals surface area contributed by atoms with Crippen LogP contribution in [0.5, 0.6) is 0 Å². The van der Waals surface area contributed by atoms with E-state index in [1.54, 1.807) is 18.3 Å². The van der Waals surface area contributed by atoms with Crippen molar-refractivity contribution >= 4 is 40.4 Å². The molecule has 0 saturated carbocycles. The molecule has 0 radical (unpaired) electrons. The Bertz CT molecular complexity index is 1100. The van der Waals surface area contributed by atoms with Gasteiger partial charge in [-0.1, -0.05) is 66.7 Å². The molecule has 0 unspecified atom stereocenters. The van der Waals surface area contributed by atoms with E-state index in [9.17, 15) is 14.4 Å². The van der Waals surface area contributed by atoms with E-state index in [0.29, 0.717) is 5.69 Å². The number of benzene rings is 3. The molecule has 1 heterocycles. The van der Waals surface area contributed by atoms with Gasteiger partial charge >= 0.3 is 6.03 Å². The fourth-order valence-corrected chi connectivity index (χ4v) is 3.24. The van der Waals surface area contributed by atoms with Gasteiger partial charge in [-0.05, 0) is 23.1 Å². The Labute approximate surface area is 168 Å². The van der Waals surface area contributed by atoms with Crippen LogP contribution >= 0.6 is 0 Å². The topological polar surface area (TPSA) is 69.7 Å². The van der Waals surface area contributed by atoms with Crippen LogP contribution in [0.15, 0.2) is 79.0 Å². The van der Waals surface area contributed by atoms with Gasteiger partial charge in [0.1, 0.15) is 13.1 Å². The Hall–Kier alpha value is -3.93. The third-order valence-corrected chi connectivity index (χ3v) is 4.70. The molecule has 4 amide bonds. The minimum atomic E-state index is -0.504. The molecule has 0 aliphatic carbocycles. The number of nitrogens with one attached hydrogen (secondary N) is 1. The molecule has 1 aliphatic heterocycles. The normalized spacial score (nSPS) is 14.2. The van der Waals surface area contributed by atoms with Gasteiger partial charge in [0.15, 0.2) is 0 Å². The van der Waals surface area contributed by atoms with Crippen LogP contribution in [0, 0.1) is 0 Å². The highest BCUT2D eigenvalue weighted by Gasteiger charge is 2.36. The second-order valence-corrected chi connectivity index (χ2v) is 6.69. The number of carbonyl (C=O) groups is 3. The van der Waals surface area contributed by atoms with Crippen molar-refractivity contribution in [1.82, 2.24) is 9.80 Å². The number of rotatable bonds is 5. The van der Waals surface area contributed by atoms with Gasteiger partial charge < -0.3 is 5.32 Å². The number of anilines is 1. The summed E-state index contributed by atoms with van der Waals surface area (Å²) in [6.07, 6.45) is 3.32. The molecule has 1 fully saturated rings. The molecule has 3 aromatic rings. The van der Waals surface area contributed by atoms with Crippen LogP contribution in [0.25, 0.3) is 16.8 Å². The molecule has 0 atom stereocenters. The molecule has 1 N–H and O–H groups in total. The monoisotopic (exact) mass is 385 g/mol. The lowest BCUT2D eigenvalue weighted by Crippen LogP contribution is -2.38. The maximum absolute atomic E-state index is 12.5. The molecule has 1 saturated heterocycles. The van der Waals surface area contributed by atoms with Crippen molar-refractivity contribution in [2.24, 2.45) is 0 Å². The molecule has 3 aromatic carbocycles. The average molecular weight is 385 g/mol. The number of carbonyl (C=O) groups excluding carboxylic acids is 3. The van der Waals surface area contributed by atoms with Crippen molar-refractivity contribution in [2.45, 2.75) is 0 Å². The number of urea groups is 1. The number of nitrogens with zero attached hydrogens (tertiary/aromatic N) is 2. The van der Waals surface area contributed by atoms with Crippen LogP contribution in [0.1, 0.15) is 5.56 Å². The Morgan fingerprint density at radius 3 is 2.48 bits per heavy atom. The summed E-state index contributed by atoms with van der Waals surface area (Å²) >= 11 is 0. The first-order valence-electron chi connectivity index (χ1n) is 9.24. The van der Waals surface area contributed by atoms with Gasteiger partial charge in [0.2, 0.25) is 5.91 Å². The van der Waals surface area contributed by atoms with Crippen LogP contribution in [0.2, 0.25) is 0 Å². The van der Waals surface area contributed by atoms with E-state index in [1.165, 1.54) is 4.90 Å². The highest BCUT2D eigenvalue weighted by atomic mass is 16.2. The van der Waals surface area contributed by atoms with Gasteiger partial charge in [-0.3, -0.25) is 19.4 Å². The largest absolute Gasteiger partial charge is 0.331 e. The fourth-order valence-electron chi connectivity index (χ4n) is 3.24. The summed E-state index contributed by atoms with van der Waals surface area (Å²) in [5.41, 5.74) is 1.56. The van der Waals surface area contributed by atoms with Crippen molar-refractivity contribution in [3.63, 3.8) is 0 Å². The Kier molecular flexibility index (Phi) is 5.07. The molecular weight excluding hydrogens is 366 g/mol. The second-order valence-electron chi connectivity index (χ2n) is 6.69. The lowest BCUT2D eigenvalue weighted by atomic mass is 10.1. The van der Waals surface area contributed by atoms with Gasteiger partial charge in [-0.25, -0.2) is 4.79 Å². The molecule has 6 heteroatoms. The third-order valence-electron chi connectivity index (χ3n) is 4.70. The predicted octanol–water partition coefficient (Wildman–Crippen LogP) is 3.71. The summed E-state index contributed by atoms with van der Waals surface area (Å²) in [7, 11) is 0. The lowest BCUT2D eigenvalue weighted by Gasteiger charge is -2.15. The number of imide groups is 1. The smallest absolute Gasteiger partial charge is 0.324 e. The quantitative estimate of drug-likeness (QED) is 0.681. The highest BCUT2D eigenvalue weighted by Crippen LogP contribution is 2.23. The van der Waals surface area contributed by atoms with Gasteiger partial charge in [-0.2, -0.15) is 0 Å². The van der Waals surface area contributed by atoms with Crippen molar-refractivity contribution in [3.8, 4) is 0 Å². The summed E-state index contributed by atoms with van der Waals surface area (Å²) in [6.45, 7) is -0.403. The summed E-state index contributed by atoms with van der Waals surface area (Å²) in [5, 5.41) is 4.70. The fraction of sp³-hybridized carbons (Fsp3) is 0.0870. The first kappa shape index (κ1) is 18.4. The van der Waals surface area contributed by atoms with E-state index in [4.69, 9.17) is 0 Å². The van der Waals surface area contributed by atoms with Crippen LogP contribution in [0.4, 0.5) is 10.5 Å². The number of hydrogen-bond acceptors (Lipinski definition) is 3. The van der Waals surface area contributed by atoms with Crippen LogP contribution in [0.3, 0.4) is 0 Å². The molecule has 0 bridgehead atoms. The lowest BCUT2D eigenvalue weighted by molar-refractivity contribution is -0.128. The zero-order chi connectivity index (χ0) is 20.2. The summed E-state index contributed by atoms with van der Waals surface area (Å²) in [4.78, 5) is 39.6. The highest BCUT2D eigenvalue weighted by molar-refractivity contribution is 6.08. The van der Waals surface area contributed by atoms with E-state index in [2.05, 4.69) is 5.32 Å². The van der Waals surface area contributed by atoms with Gasteiger partial charge in [0.05, 0.1) is 0 Å². The third kappa shape index (κ3) is 4.01. The maximum atomic E-state index is 12.5. The molecule has 0 aromatic heterocycles. The molecule has 4 rings (SSSR count). The van der Waals surface area contributed by atoms with E-state index in [-0.39, 0.29) is 13.1 Å². The van der Waals surface area contributed by atoms with Crippen molar-refractivity contribution in [2.75, 3.05) is 18.4 Å². The molecule has 1 aliphatic rings. The zero-order valence-corrected chi connectivity index (χ0v) is 15.6. The van der Waals surface area contributed by atoms with E-state index < -0.39 is 17.8 Å². The summed E-state index contributed by atoms with van der Waals surface area (Å²) in [6, 6.07) is 22.2. The SMILES string of the molecule is O=C(CN1C(=O)CN(C=Cc2ccccc2)C1=O)Nc1cccc2ccccc12.